The van der Waals surface area contributed by atoms with E-state index in [9.17, 15) is 4.79 Å². The van der Waals surface area contributed by atoms with E-state index in [1.54, 1.807) is 19.4 Å². The molecule has 1 N–H and O–H groups in total. The number of carbonyl (C=O) groups excluding carboxylic acids is 1. The Kier molecular flexibility index (Phi) is 4.98. The topological polar surface area (TPSA) is 54.5 Å². The lowest BCUT2D eigenvalue weighted by molar-refractivity contribution is 0.102. The summed E-state index contributed by atoms with van der Waals surface area (Å²) in [5, 5.41) is 2.89. The van der Waals surface area contributed by atoms with Crippen LogP contribution in [0.5, 0.6) is 5.75 Å². The van der Waals surface area contributed by atoms with E-state index in [1.165, 1.54) is 11.1 Å². The number of aryl methyl sites for hydroxylation is 1. The minimum absolute atomic E-state index is 0.251. The van der Waals surface area contributed by atoms with Gasteiger partial charge in [0.15, 0.2) is 0 Å². The van der Waals surface area contributed by atoms with E-state index in [-0.39, 0.29) is 5.91 Å². The van der Waals surface area contributed by atoms with Crippen LogP contribution in [0, 0.1) is 6.92 Å². The van der Waals surface area contributed by atoms with Gasteiger partial charge in [0.2, 0.25) is 0 Å². The van der Waals surface area contributed by atoms with Gasteiger partial charge in [-0.3, -0.25) is 4.79 Å². The Morgan fingerprint density at radius 1 is 1.11 bits per heavy atom. The second-order valence-corrected chi connectivity index (χ2v) is 7.00. The molecule has 1 amide bonds. The molecule has 0 saturated heterocycles. The maximum Gasteiger partial charge on any atom is 0.274 e. The fraction of sp³-hybridized carbons (Fsp3) is 0.217. The van der Waals surface area contributed by atoms with E-state index in [0.717, 1.165) is 30.8 Å². The number of nitrogens with one attached hydrogen (secondary N) is 1. The summed E-state index contributed by atoms with van der Waals surface area (Å²) >= 11 is 0. The van der Waals surface area contributed by atoms with E-state index in [4.69, 9.17) is 4.74 Å². The number of anilines is 2. The third kappa shape index (κ3) is 3.69. The van der Waals surface area contributed by atoms with Crippen LogP contribution >= 0.6 is 0 Å². The number of fused-ring (bicyclic) bond motifs is 1. The number of aromatic nitrogens is 1. The SMILES string of the molecule is COc1ccc(C)cc1NC(=O)c1ccc(N2CCc3ccccc3C2)cn1. The molecule has 142 valence electrons. The molecule has 0 bridgehead atoms. The van der Waals surface area contributed by atoms with Gasteiger partial charge >= 0.3 is 0 Å². The highest BCUT2D eigenvalue weighted by Gasteiger charge is 2.17. The number of hydrogen-bond donors (Lipinski definition) is 1. The van der Waals surface area contributed by atoms with Crippen molar-refractivity contribution in [2.24, 2.45) is 0 Å². The normalized spacial score (nSPS) is 13.0. The molecule has 0 unspecified atom stereocenters. The standard InChI is InChI=1S/C23H23N3O2/c1-16-7-10-22(28-2)21(13-16)25-23(27)20-9-8-19(14-24-20)26-12-11-17-5-3-4-6-18(17)15-26/h3-10,13-14H,11-12,15H2,1-2H3,(H,25,27). The highest BCUT2D eigenvalue weighted by molar-refractivity contribution is 6.03. The highest BCUT2D eigenvalue weighted by Crippen LogP contribution is 2.26. The van der Waals surface area contributed by atoms with Gasteiger partial charge in [-0.15, -0.1) is 0 Å². The molecular formula is C23H23N3O2. The van der Waals surface area contributed by atoms with Crippen LogP contribution in [0.2, 0.25) is 0 Å². The van der Waals surface area contributed by atoms with Crippen LogP contribution in [0.15, 0.2) is 60.8 Å². The minimum Gasteiger partial charge on any atom is -0.495 e. The Balaban J connectivity index is 1.48. The van der Waals surface area contributed by atoms with Crippen molar-refractivity contribution in [2.75, 3.05) is 23.9 Å². The summed E-state index contributed by atoms with van der Waals surface area (Å²) < 4.78 is 5.32. The summed E-state index contributed by atoms with van der Waals surface area (Å²) in [6.07, 6.45) is 2.79. The Morgan fingerprint density at radius 2 is 1.93 bits per heavy atom. The number of rotatable bonds is 4. The third-order valence-corrected chi connectivity index (χ3v) is 5.08. The predicted molar refractivity (Wildman–Crippen MR) is 111 cm³/mol. The van der Waals surface area contributed by atoms with Crippen LogP contribution in [0.3, 0.4) is 0 Å². The van der Waals surface area contributed by atoms with Gasteiger partial charge in [-0.2, -0.15) is 0 Å². The van der Waals surface area contributed by atoms with E-state index < -0.39 is 0 Å². The van der Waals surface area contributed by atoms with Crippen LogP contribution in [-0.2, 0) is 13.0 Å². The summed E-state index contributed by atoms with van der Waals surface area (Å²) in [4.78, 5) is 19.3. The average molecular weight is 373 g/mol. The fourth-order valence-corrected chi connectivity index (χ4v) is 3.53. The van der Waals surface area contributed by atoms with Gasteiger partial charge in [0.25, 0.3) is 5.91 Å². The molecular weight excluding hydrogens is 350 g/mol. The molecule has 28 heavy (non-hydrogen) atoms. The molecule has 3 aromatic rings. The predicted octanol–water partition coefficient (Wildman–Crippen LogP) is 4.21. The first-order valence-electron chi connectivity index (χ1n) is 9.38. The molecule has 1 aliphatic rings. The maximum absolute atomic E-state index is 12.6. The number of hydrogen-bond acceptors (Lipinski definition) is 4. The van der Waals surface area contributed by atoms with E-state index in [2.05, 4.69) is 39.5 Å². The summed E-state index contributed by atoms with van der Waals surface area (Å²) in [6.45, 7) is 3.79. The lowest BCUT2D eigenvalue weighted by atomic mass is 10.00. The summed E-state index contributed by atoms with van der Waals surface area (Å²) in [5.74, 6) is 0.377. The van der Waals surface area contributed by atoms with Crippen LogP contribution < -0.4 is 15.0 Å². The zero-order chi connectivity index (χ0) is 19.5. The molecule has 4 rings (SSSR count). The molecule has 0 fully saturated rings. The average Bonchev–Trinajstić information content (AvgIpc) is 2.73. The van der Waals surface area contributed by atoms with Crippen molar-refractivity contribution < 1.29 is 9.53 Å². The Bertz CT molecular complexity index is 999. The summed E-state index contributed by atoms with van der Waals surface area (Å²) in [6, 6.07) is 17.9. The van der Waals surface area contributed by atoms with Gasteiger partial charge < -0.3 is 15.0 Å². The molecule has 5 nitrogen and oxygen atoms in total. The molecule has 0 radical (unpaired) electrons. The number of amides is 1. The fourth-order valence-electron chi connectivity index (χ4n) is 3.53. The minimum atomic E-state index is -0.251. The van der Waals surface area contributed by atoms with Crippen molar-refractivity contribution in [1.82, 2.24) is 4.98 Å². The molecule has 2 heterocycles. The molecule has 0 aliphatic carbocycles. The Labute approximate surface area is 165 Å². The van der Waals surface area contributed by atoms with E-state index in [1.807, 2.05) is 31.2 Å². The number of benzene rings is 2. The first-order chi connectivity index (χ1) is 13.6. The van der Waals surface area contributed by atoms with Crippen molar-refractivity contribution in [3.05, 3.63) is 83.2 Å². The smallest absolute Gasteiger partial charge is 0.274 e. The third-order valence-electron chi connectivity index (χ3n) is 5.08. The van der Waals surface area contributed by atoms with Crippen molar-refractivity contribution >= 4 is 17.3 Å². The van der Waals surface area contributed by atoms with Crippen LogP contribution in [-0.4, -0.2) is 24.5 Å². The van der Waals surface area contributed by atoms with Gasteiger partial charge in [0, 0.05) is 13.1 Å². The van der Waals surface area contributed by atoms with Gasteiger partial charge in [-0.1, -0.05) is 30.3 Å². The number of methoxy groups -OCH3 is 1. The van der Waals surface area contributed by atoms with E-state index in [0.29, 0.717) is 17.1 Å². The zero-order valence-electron chi connectivity index (χ0n) is 16.1. The largest absolute Gasteiger partial charge is 0.495 e. The monoisotopic (exact) mass is 373 g/mol. The van der Waals surface area contributed by atoms with Gasteiger partial charge in [-0.05, 0) is 54.3 Å². The maximum atomic E-state index is 12.6. The number of carbonyl (C=O) groups is 1. The van der Waals surface area contributed by atoms with Gasteiger partial charge in [-0.25, -0.2) is 4.98 Å². The first kappa shape index (κ1) is 18.0. The van der Waals surface area contributed by atoms with Gasteiger partial charge in [0.05, 0.1) is 24.7 Å². The highest BCUT2D eigenvalue weighted by atomic mass is 16.5. The zero-order valence-corrected chi connectivity index (χ0v) is 16.1. The molecule has 5 heteroatoms. The second-order valence-electron chi connectivity index (χ2n) is 7.00. The van der Waals surface area contributed by atoms with Crippen molar-refractivity contribution in [1.29, 1.82) is 0 Å². The Morgan fingerprint density at radius 3 is 2.68 bits per heavy atom. The van der Waals surface area contributed by atoms with Crippen LogP contribution in [0.1, 0.15) is 27.2 Å². The molecule has 0 spiro atoms. The molecule has 2 aromatic carbocycles. The molecule has 0 atom stereocenters. The summed E-state index contributed by atoms with van der Waals surface area (Å²) in [7, 11) is 1.59. The van der Waals surface area contributed by atoms with Crippen molar-refractivity contribution in [2.45, 2.75) is 19.9 Å². The van der Waals surface area contributed by atoms with Gasteiger partial charge in [0.1, 0.15) is 11.4 Å². The quantitative estimate of drug-likeness (QED) is 0.744. The first-order valence-corrected chi connectivity index (χ1v) is 9.38. The number of pyridine rings is 1. The van der Waals surface area contributed by atoms with Crippen molar-refractivity contribution in [3.8, 4) is 5.75 Å². The van der Waals surface area contributed by atoms with Crippen molar-refractivity contribution in [3.63, 3.8) is 0 Å². The lowest BCUT2D eigenvalue weighted by Crippen LogP contribution is -2.30. The second kappa shape index (κ2) is 7.72. The van der Waals surface area contributed by atoms with E-state index >= 15 is 0 Å². The van der Waals surface area contributed by atoms with Crippen LogP contribution in [0.25, 0.3) is 0 Å². The number of ether oxygens (including phenoxy) is 1. The number of nitrogens with zero attached hydrogens (tertiary/aromatic N) is 2. The summed E-state index contributed by atoms with van der Waals surface area (Å²) in [5.41, 5.74) is 5.86. The molecule has 1 aromatic heterocycles. The Hall–Kier alpha value is -3.34. The van der Waals surface area contributed by atoms with Crippen LogP contribution in [0.4, 0.5) is 11.4 Å². The molecule has 0 saturated carbocycles. The molecule has 1 aliphatic heterocycles. The lowest BCUT2D eigenvalue weighted by Gasteiger charge is -2.30.